The van der Waals surface area contributed by atoms with E-state index in [4.69, 9.17) is 0 Å². The summed E-state index contributed by atoms with van der Waals surface area (Å²) >= 11 is 0. The van der Waals surface area contributed by atoms with Gasteiger partial charge >= 0.3 is 0 Å². The summed E-state index contributed by atoms with van der Waals surface area (Å²) in [5, 5.41) is -0.595. The van der Waals surface area contributed by atoms with Crippen LogP contribution in [0.2, 0.25) is 0 Å². The Morgan fingerprint density at radius 1 is 1.10 bits per heavy atom. The van der Waals surface area contributed by atoms with Gasteiger partial charge in [0.1, 0.15) is 0 Å². The fourth-order valence-electron chi connectivity index (χ4n) is 2.44. The van der Waals surface area contributed by atoms with Crippen LogP contribution < -0.4 is 0 Å². The van der Waals surface area contributed by atoms with E-state index in [0.29, 0.717) is 12.3 Å². The first kappa shape index (κ1) is 16.5. The molecule has 0 amide bonds. The van der Waals surface area contributed by atoms with Crippen molar-refractivity contribution in [3.05, 3.63) is 29.8 Å². The molecule has 0 N–H and O–H groups in total. The molecule has 118 valence electrons. The molecule has 1 atom stereocenters. The normalized spacial score (nSPS) is 21.0. The molecule has 1 heterocycles. The Morgan fingerprint density at radius 3 is 2.10 bits per heavy atom. The average molecular weight is 331 g/mol. The van der Waals surface area contributed by atoms with Gasteiger partial charge in [0.15, 0.2) is 9.84 Å². The van der Waals surface area contributed by atoms with Crippen molar-refractivity contribution in [2.45, 2.75) is 36.3 Å². The van der Waals surface area contributed by atoms with Crippen molar-refractivity contribution < 1.29 is 16.8 Å². The van der Waals surface area contributed by atoms with Gasteiger partial charge in [-0.2, -0.15) is 4.31 Å². The third kappa shape index (κ3) is 3.46. The molecule has 0 radical (unpaired) electrons. The van der Waals surface area contributed by atoms with Crippen molar-refractivity contribution in [2.75, 3.05) is 19.3 Å². The summed E-state index contributed by atoms with van der Waals surface area (Å²) in [4.78, 5) is 0.223. The molecule has 1 unspecified atom stereocenters. The number of sulfone groups is 1. The first-order valence-electron chi connectivity index (χ1n) is 6.91. The summed E-state index contributed by atoms with van der Waals surface area (Å²) in [6.45, 7) is 4.39. The van der Waals surface area contributed by atoms with Crippen molar-refractivity contribution >= 4 is 19.9 Å². The molecule has 1 aliphatic heterocycles. The molecule has 0 bridgehead atoms. The van der Waals surface area contributed by atoms with Gasteiger partial charge in [-0.05, 0) is 30.0 Å². The first-order valence-corrected chi connectivity index (χ1v) is 10.3. The molecule has 0 saturated carbocycles. The highest BCUT2D eigenvalue weighted by atomic mass is 32.2. The lowest BCUT2D eigenvalue weighted by Crippen LogP contribution is -2.31. The molecule has 1 aromatic carbocycles. The molecule has 0 spiro atoms. The van der Waals surface area contributed by atoms with Crippen LogP contribution in [0.15, 0.2) is 29.2 Å². The summed E-state index contributed by atoms with van der Waals surface area (Å²) < 4.78 is 49.4. The third-order valence-electron chi connectivity index (χ3n) is 3.90. The van der Waals surface area contributed by atoms with E-state index < -0.39 is 25.1 Å². The standard InChI is InChI=1S/C14H21NO4S2/c1-11(2)12-4-6-13(7-5-12)21(18,19)15-9-8-14(10-15)20(3,16)17/h4-7,11,14H,8-10H2,1-3H3. The lowest BCUT2D eigenvalue weighted by molar-refractivity contribution is 0.476. The quantitative estimate of drug-likeness (QED) is 0.840. The summed E-state index contributed by atoms with van der Waals surface area (Å²) in [5.74, 6) is 0.336. The van der Waals surface area contributed by atoms with Gasteiger partial charge in [-0.15, -0.1) is 0 Å². The molecule has 1 aliphatic rings. The maximum atomic E-state index is 12.5. The molecular weight excluding hydrogens is 310 g/mol. The van der Waals surface area contributed by atoms with E-state index in [1.165, 1.54) is 4.31 Å². The highest BCUT2D eigenvalue weighted by Gasteiger charge is 2.36. The lowest BCUT2D eigenvalue weighted by atomic mass is 10.0. The highest BCUT2D eigenvalue weighted by molar-refractivity contribution is 7.91. The summed E-state index contributed by atoms with van der Waals surface area (Å²) in [6.07, 6.45) is 1.52. The zero-order valence-electron chi connectivity index (χ0n) is 12.5. The van der Waals surface area contributed by atoms with Gasteiger partial charge in [0.25, 0.3) is 0 Å². The van der Waals surface area contributed by atoms with Gasteiger partial charge in [0.05, 0.1) is 10.1 Å². The Balaban J connectivity index is 2.23. The molecule has 2 rings (SSSR count). The highest BCUT2D eigenvalue weighted by Crippen LogP contribution is 2.25. The van der Waals surface area contributed by atoms with E-state index in [-0.39, 0.29) is 18.0 Å². The Morgan fingerprint density at radius 2 is 1.67 bits per heavy atom. The molecule has 21 heavy (non-hydrogen) atoms. The van der Waals surface area contributed by atoms with E-state index in [9.17, 15) is 16.8 Å². The monoisotopic (exact) mass is 331 g/mol. The van der Waals surface area contributed by atoms with Crippen LogP contribution in [-0.2, 0) is 19.9 Å². The van der Waals surface area contributed by atoms with E-state index in [2.05, 4.69) is 0 Å². The van der Waals surface area contributed by atoms with Crippen molar-refractivity contribution in [1.29, 1.82) is 0 Å². The van der Waals surface area contributed by atoms with Crippen molar-refractivity contribution in [2.24, 2.45) is 0 Å². The number of hydrogen-bond acceptors (Lipinski definition) is 4. The fourth-order valence-corrected chi connectivity index (χ4v) is 5.02. The van der Waals surface area contributed by atoms with Gasteiger partial charge in [-0.3, -0.25) is 0 Å². The number of benzene rings is 1. The zero-order valence-corrected chi connectivity index (χ0v) is 14.1. The van der Waals surface area contributed by atoms with Gasteiger partial charge in [0.2, 0.25) is 10.0 Å². The van der Waals surface area contributed by atoms with Crippen LogP contribution in [0, 0.1) is 0 Å². The maximum absolute atomic E-state index is 12.5. The Labute approximate surface area is 126 Å². The maximum Gasteiger partial charge on any atom is 0.243 e. The number of hydrogen-bond donors (Lipinski definition) is 0. The van der Waals surface area contributed by atoms with Gasteiger partial charge < -0.3 is 0 Å². The molecular formula is C14H21NO4S2. The van der Waals surface area contributed by atoms with Gasteiger partial charge in [-0.1, -0.05) is 26.0 Å². The second kappa shape index (κ2) is 5.70. The molecule has 0 aromatic heterocycles. The number of rotatable bonds is 4. The fraction of sp³-hybridized carbons (Fsp3) is 0.571. The minimum atomic E-state index is -3.61. The second-order valence-electron chi connectivity index (χ2n) is 5.83. The van der Waals surface area contributed by atoms with Crippen molar-refractivity contribution in [3.63, 3.8) is 0 Å². The van der Waals surface area contributed by atoms with Crippen LogP contribution in [0.5, 0.6) is 0 Å². The molecule has 5 nitrogen and oxygen atoms in total. The van der Waals surface area contributed by atoms with Gasteiger partial charge in [0, 0.05) is 19.3 Å². The van der Waals surface area contributed by atoms with Crippen LogP contribution in [-0.4, -0.2) is 45.7 Å². The van der Waals surface area contributed by atoms with Crippen LogP contribution in [0.1, 0.15) is 31.7 Å². The molecule has 1 saturated heterocycles. The summed E-state index contributed by atoms with van der Waals surface area (Å²) in [6, 6.07) is 6.81. The predicted octanol–water partition coefficient (Wildman–Crippen LogP) is 1.62. The lowest BCUT2D eigenvalue weighted by Gasteiger charge is -2.17. The zero-order chi connectivity index (χ0) is 15.8. The van der Waals surface area contributed by atoms with Crippen molar-refractivity contribution in [1.82, 2.24) is 4.31 Å². The first-order chi connectivity index (χ1) is 9.62. The number of nitrogens with zero attached hydrogens (tertiary/aromatic N) is 1. The minimum absolute atomic E-state index is 0.0487. The van der Waals surface area contributed by atoms with Crippen molar-refractivity contribution in [3.8, 4) is 0 Å². The minimum Gasteiger partial charge on any atom is -0.229 e. The predicted molar refractivity (Wildman–Crippen MR) is 82.5 cm³/mol. The average Bonchev–Trinajstić information content (AvgIpc) is 2.89. The van der Waals surface area contributed by atoms with Crippen LogP contribution in [0.25, 0.3) is 0 Å². The summed E-state index contributed by atoms with van der Waals surface area (Å²) in [5.41, 5.74) is 1.07. The van der Waals surface area contributed by atoms with E-state index in [1.54, 1.807) is 12.1 Å². The molecule has 1 fully saturated rings. The molecule has 1 aromatic rings. The SMILES string of the molecule is CC(C)c1ccc(S(=O)(=O)N2CCC(S(C)(=O)=O)C2)cc1. The summed E-state index contributed by atoms with van der Waals surface area (Å²) in [7, 11) is -6.81. The van der Waals surface area contributed by atoms with E-state index in [0.717, 1.165) is 11.8 Å². The van der Waals surface area contributed by atoms with Crippen LogP contribution in [0.3, 0.4) is 0 Å². The Kier molecular flexibility index (Phi) is 4.46. The topological polar surface area (TPSA) is 71.5 Å². The smallest absolute Gasteiger partial charge is 0.229 e. The van der Waals surface area contributed by atoms with Gasteiger partial charge in [-0.25, -0.2) is 16.8 Å². The van der Waals surface area contributed by atoms with Crippen LogP contribution >= 0.6 is 0 Å². The Bertz CT molecular complexity index is 706. The third-order valence-corrected chi connectivity index (χ3v) is 7.37. The Hall–Kier alpha value is -0.920. The molecule has 7 heteroatoms. The second-order valence-corrected chi connectivity index (χ2v) is 10.1. The van der Waals surface area contributed by atoms with E-state index >= 15 is 0 Å². The van der Waals surface area contributed by atoms with E-state index in [1.807, 2.05) is 26.0 Å². The largest absolute Gasteiger partial charge is 0.243 e. The molecule has 0 aliphatic carbocycles. The van der Waals surface area contributed by atoms with Crippen LogP contribution in [0.4, 0.5) is 0 Å². The number of sulfonamides is 1.